The minimum Gasteiger partial charge on any atom is -0.340 e. The third-order valence-electron chi connectivity index (χ3n) is 4.57. The molecule has 1 aliphatic rings. The van der Waals surface area contributed by atoms with E-state index in [9.17, 15) is 8.42 Å². The van der Waals surface area contributed by atoms with Gasteiger partial charge in [0.15, 0.2) is 9.84 Å². The number of anilines is 3. The van der Waals surface area contributed by atoms with E-state index < -0.39 is 9.84 Å². The molecule has 1 aliphatic heterocycles. The molecular weight excluding hydrogens is 336 g/mol. The van der Waals surface area contributed by atoms with Crippen molar-refractivity contribution in [3.8, 4) is 0 Å². The lowest BCUT2D eigenvalue weighted by molar-refractivity contribution is 0.600. The fourth-order valence-corrected chi connectivity index (χ4v) is 4.80. The highest BCUT2D eigenvalue weighted by Crippen LogP contribution is 2.24. The quantitative estimate of drug-likeness (QED) is 0.904. The minimum absolute atomic E-state index is 0.0691. The summed E-state index contributed by atoms with van der Waals surface area (Å²) in [5.74, 6) is 1.67. The van der Waals surface area contributed by atoms with Crippen LogP contribution in [0, 0.1) is 20.8 Å². The molecule has 1 aromatic heterocycles. The molecule has 1 N–H and O–H groups in total. The van der Waals surface area contributed by atoms with Gasteiger partial charge in [0.05, 0.1) is 11.5 Å². The van der Waals surface area contributed by atoms with Gasteiger partial charge in [-0.2, -0.15) is 4.98 Å². The Balaban J connectivity index is 1.86. The standard InChI is InChI=1S/C18H24N4O2S/c1-12-5-6-13(2)16(9-12)20-17-10-14(3)19-18(21-17)22(4)15-7-8-25(23,24)11-15/h5-6,9-10,15H,7-8,11H2,1-4H3,(H,19,20,21). The van der Waals surface area contributed by atoms with Crippen molar-refractivity contribution >= 4 is 27.3 Å². The molecule has 7 heteroatoms. The number of nitrogens with zero attached hydrogens (tertiary/aromatic N) is 3. The molecule has 0 amide bonds. The van der Waals surface area contributed by atoms with Crippen molar-refractivity contribution in [3.05, 3.63) is 41.1 Å². The SMILES string of the molecule is Cc1ccc(C)c(Nc2cc(C)nc(N(C)C3CCS(=O)(=O)C3)n2)c1. The predicted molar refractivity (Wildman–Crippen MR) is 101 cm³/mol. The first kappa shape index (κ1) is 17.7. The van der Waals surface area contributed by atoms with Gasteiger partial charge in [-0.25, -0.2) is 13.4 Å². The zero-order chi connectivity index (χ0) is 18.2. The van der Waals surface area contributed by atoms with Crippen LogP contribution in [0.4, 0.5) is 17.5 Å². The Hall–Kier alpha value is -2.15. The number of nitrogens with one attached hydrogen (secondary N) is 1. The first-order valence-electron chi connectivity index (χ1n) is 8.37. The second-order valence-electron chi connectivity index (χ2n) is 6.81. The van der Waals surface area contributed by atoms with E-state index in [2.05, 4.69) is 40.4 Å². The number of hydrogen-bond acceptors (Lipinski definition) is 6. The Morgan fingerprint density at radius 1 is 1.16 bits per heavy atom. The highest BCUT2D eigenvalue weighted by Gasteiger charge is 2.31. The van der Waals surface area contributed by atoms with Gasteiger partial charge < -0.3 is 10.2 Å². The van der Waals surface area contributed by atoms with Crippen LogP contribution in [-0.2, 0) is 9.84 Å². The Labute approximate surface area is 149 Å². The molecule has 0 saturated carbocycles. The first-order chi connectivity index (χ1) is 11.7. The summed E-state index contributed by atoms with van der Waals surface area (Å²) in [6.07, 6.45) is 0.621. The van der Waals surface area contributed by atoms with Crippen molar-refractivity contribution in [2.75, 3.05) is 28.8 Å². The van der Waals surface area contributed by atoms with Crippen molar-refractivity contribution in [2.45, 2.75) is 33.2 Å². The molecule has 2 heterocycles. The summed E-state index contributed by atoms with van der Waals surface area (Å²) in [7, 11) is -1.08. The van der Waals surface area contributed by atoms with Crippen LogP contribution >= 0.6 is 0 Å². The average Bonchev–Trinajstić information content (AvgIpc) is 2.89. The summed E-state index contributed by atoms with van der Waals surface area (Å²) in [5.41, 5.74) is 4.16. The van der Waals surface area contributed by atoms with Gasteiger partial charge in [-0.3, -0.25) is 0 Å². The van der Waals surface area contributed by atoms with Gasteiger partial charge in [-0.05, 0) is 44.4 Å². The van der Waals surface area contributed by atoms with Crippen LogP contribution in [0.5, 0.6) is 0 Å². The molecule has 1 fully saturated rings. The lowest BCUT2D eigenvalue weighted by Gasteiger charge is -2.24. The van der Waals surface area contributed by atoms with E-state index in [1.54, 1.807) is 0 Å². The largest absolute Gasteiger partial charge is 0.340 e. The monoisotopic (exact) mass is 360 g/mol. The maximum absolute atomic E-state index is 11.7. The fourth-order valence-electron chi connectivity index (χ4n) is 3.03. The Kier molecular flexibility index (Phi) is 4.69. The highest BCUT2D eigenvalue weighted by atomic mass is 32.2. The summed E-state index contributed by atoms with van der Waals surface area (Å²) >= 11 is 0. The second kappa shape index (κ2) is 6.63. The lowest BCUT2D eigenvalue weighted by Crippen LogP contribution is -2.34. The molecule has 1 atom stereocenters. The average molecular weight is 360 g/mol. The van der Waals surface area contributed by atoms with Gasteiger partial charge in [0.1, 0.15) is 5.82 Å². The maximum Gasteiger partial charge on any atom is 0.227 e. The molecule has 3 rings (SSSR count). The van der Waals surface area contributed by atoms with E-state index in [4.69, 9.17) is 0 Å². The van der Waals surface area contributed by atoms with Crippen LogP contribution in [-0.4, -0.2) is 43.0 Å². The third kappa shape index (κ3) is 4.10. The third-order valence-corrected chi connectivity index (χ3v) is 6.32. The molecule has 0 aliphatic carbocycles. The summed E-state index contributed by atoms with van der Waals surface area (Å²) in [5, 5.41) is 3.36. The van der Waals surface area contributed by atoms with Gasteiger partial charge >= 0.3 is 0 Å². The van der Waals surface area contributed by atoms with E-state index >= 15 is 0 Å². The smallest absolute Gasteiger partial charge is 0.227 e. The Bertz CT molecular complexity index is 896. The molecule has 1 aromatic carbocycles. The second-order valence-corrected chi connectivity index (χ2v) is 9.03. The normalized spacial score (nSPS) is 19.0. The topological polar surface area (TPSA) is 75.2 Å². The number of aromatic nitrogens is 2. The van der Waals surface area contributed by atoms with E-state index in [0.29, 0.717) is 18.2 Å². The van der Waals surface area contributed by atoms with Gasteiger partial charge in [0, 0.05) is 30.5 Å². The van der Waals surface area contributed by atoms with Crippen molar-refractivity contribution in [2.24, 2.45) is 0 Å². The molecule has 1 unspecified atom stereocenters. The molecule has 134 valence electrons. The van der Waals surface area contributed by atoms with Gasteiger partial charge in [-0.1, -0.05) is 12.1 Å². The van der Waals surface area contributed by atoms with Crippen molar-refractivity contribution in [1.29, 1.82) is 0 Å². The van der Waals surface area contributed by atoms with Gasteiger partial charge in [0.2, 0.25) is 5.95 Å². The summed E-state index contributed by atoms with van der Waals surface area (Å²) in [6.45, 7) is 6.01. The molecule has 0 radical (unpaired) electrons. The maximum atomic E-state index is 11.7. The summed E-state index contributed by atoms with van der Waals surface area (Å²) < 4.78 is 23.5. The van der Waals surface area contributed by atoms with Gasteiger partial charge in [-0.15, -0.1) is 0 Å². The van der Waals surface area contributed by atoms with Crippen molar-refractivity contribution in [3.63, 3.8) is 0 Å². The molecule has 0 bridgehead atoms. The Morgan fingerprint density at radius 2 is 1.92 bits per heavy atom. The zero-order valence-corrected chi connectivity index (χ0v) is 15.9. The highest BCUT2D eigenvalue weighted by molar-refractivity contribution is 7.91. The van der Waals surface area contributed by atoms with Crippen molar-refractivity contribution < 1.29 is 8.42 Å². The number of benzene rings is 1. The van der Waals surface area contributed by atoms with Gasteiger partial charge in [0.25, 0.3) is 0 Å². The van der Waals surface area contributed by atoms with Crippen LogP contribution in [0.2, 0.25) is 0 Å². The fraction of sp³-hybridized carbons (Fsp3) is 0.444. The molecule has 0 spiro atoms. The number of aryl methyl sites for hydroxylation is 3. The molecule has 6 nitrogen and oxygen atoms in total. The number of sulfone groups is 1. The minimum atomic E-state index is -2.94. The Morgan fingerprint density at radius 3 is 2.60 bits per heavy atom. The lowest BCUT2D eigenvalue weighted by atomic mass is 10.1. The summed E-state index contributed by atoms with van der Waals surface area (Å²) in [4.78, 5) is 11.0. The van der Waals surface area contributed by atoms with Crippen LogP contribution in [0.1, 0.15) is 23.2 Å². The van der Waals surface area contributed by atoms with E-state index in [1.807, 2.05) is 31.9 Å². The van der Waals surface area contributed by atoms with Crippen LogP contribution in [0.3, 0.4) is 0 Å². The molecular formula is C18H24N4O2S. The van der Waals surface area contributed by atoms with Crippen molar-refractivity contribution in [1.82, 2.24) is 9.97 Å². The molecule has 2 aromatic rings. The number of hydrogen-bond donors (Lipinski definition) is 1. The predicted octanol–water partition coefficient (Wildman–Crippen LogP) is 2.77. The molecule has 1 saturated heterocycles. The molecule has 25 heavy (non-hydrogen) atoms. The van der Waals surface area contributed by atoms with Crippen LogP contribution in [0.25, 0.3) is 0 Å². The first-order valence-corrected chi connectivity index (χ1v) is 10.2. The van der Waals surface area contributed by atoms with E-state index in [1.165, 1.54) is 5.56 Å². The summed E-state index contributed by atoms with van der Waals surface area (Å²) in [6, 6.07) is 8.05. The number of rotatable bonds is 4. The van der Waals surface area contributed by atoms with Crippen LogP contribution in [0.15, 0.2) is 24.3 Å². The zero-order valence-electron chi connectivity index (χ0n) is 15.1. The van der Waals surface area contributed by atoms with Crippen LogP contribution < -0.4 is 10.2 Å². The van der Waals surface area contributed by atoms with E-state index in [-0.39, 0.29) is 17.5 Å². The van der Waals surface area contributed by atoms with E-state index in [0.717, 1.165) is 16.9 Å².